The van der Waals surface area contributed by atoms with Crippen molar-refractivity contribution < 1.29 is 52.8 Å². The Bertz CT molecular complexity index is 2460. The first-order valence-corrected chi connectivity index (χ1v) is 24.0. The molecule has 1 amide bonds. The first-order valence-electron chi connectivity index (χ1n) is 24.0. The maximum absolute atomic E-state index is 15.1. The van der Waals surface area contributed by atoms with Crippen LogP contribution in [0, 0.1) is 40.6 Å². The van der Waals surface area contributed by atoms with Gasteiger partial charge >= 0.3 is 6.09 Å². The number of aliphatic hydroxyl groups excluding tert-OH is 2. The number of aryl methyl sites for hydroxylation is 1. The number of fused-ring (bicyclic) bond motifs is 2. The molecule has 4 aromatic rings. The van der Waals surface area contributed by atoms with E-state index in [0.717, 1.165) is 61.0 Å². The maximum Gasteiger partial charge on any atom is 0.416 e. The number of rotatable bonds is 21. The third-order valence-electron chi connectivity index (χ3n) is 13.5. The van der Waals surface area contributed by atoms with Crippen molar-refractivity contribution >= 4 is 17.5 Å². The minimum absolute atomic E-state index is 0.0167. The number of benzene rings is 3. The Morgan fingerprint density at radius 2 is 1.78 bits per heavy atom. The van der Waals surface area contributed by atoms with Gasteiger partial charge in [0.25, 0.3) is 5.69 Å². The molecule has 69 heavy (non-hydrogen) atoms. The molecule has 7 atom stereocenters. The average molecular weight is 949 g/mol. The zero-order valence-electron chi connectivity index (χ0n) is 39.0. The number of aromatic nitrogens is 1. The standard InChI is InChI=1S/C53H61FN4O11/c1-3-28-66-53-48(57(33-36-16-18-38(54)19-17-36)52(61)67-41-22-20-40(21-23-41)58(62)63)32-46(56-69-49-15-6-9-29-64-49)44-30-37(12-4-7-26-59)43(14-5-8-27-60)50(51(44)53)45-31-42(24-25-47(45)68-53)65-34-39-13-10-11-35(2)55-39/h3,10-11,13,16-25,30-31,37,43,48-51,59-60H,1,4-9,12,14-15,26-29,32-34H2,2H3. The summed E-state index contributed by atoms with van der Waals surface area (Å²) >= 11 is 0. The van der Waals surface area contributed by atoms with Gasteiger partial charge in [-0.25, -0.2) is 9.18 Å². The molecule has 15 nitrogen and oxygen atoms in total. The summed E-state index contributed by atoms with van der Waals surface area (Å²) in [7, 11) is 0. The maximum atomic E-state index is 15.1. The first kappa shape index (κ1) is 49.2. The molecule has 3 aromatic carbocycles. The largest absolute Gasteiger partial charge is 0.487 e. The van der Waals surface area contributed by atoms with Crippen LogP contribution in [0.5, 0.6) is 17.2 Å². The number of carbonyl (C=O) groups excluding carboxylic acids is 1. The minimum atomic E-state index is -1.65. The Balaban J connectivity index is 1.32. The second-order valence-electron chi connectivity index (χ2n) is 18.1. The quantitative estimate of drug-likeness (QED) is 0.0349. The fourth-order valence-electron chi connectivity index (χ4n) is 10.4. The molecule has 2 fully saturated rings. The summed E-state index contributed by atoms with van der Waals surface area (Å²) < 4.78 is 47.5. The highest BCUT2D eigenvalue weighted by atomic mass is 19.1. The number of nitrogens with zero attached hydrogens (tertiary/aromatic N) is 4. The van der Waals surface area contributed by atoms with Crippen LogP contribution in [-0.4, -0.2) is 81.4 Å². The lowest BCUT2D eigenvalue weighted by Gasteiger charge is -2.59. The van der Waals surface area contributed by atoms with Gasteiger partial charge in [-0.05, 0) is 123 Å². The number of amides is 1. The van der Waals surface area contributed by atoms with E-state index >= 15 is 4.79 Å². The number of hydrogen-bond donors (Lipinski definition) is 2. The van der Waals surface area contributed by atoms with Crippen molar-refractivity contribution in [3.05, 3.63) is 148 Å². The van der Waals surface area contributed by atoms with Crippen molar-refractivity contribution in [3.8, 4) is 17.2 Å². The SMILES string of the molecule is C=CCOC12Oc3ccc(OCc4cccc(C)n4)cc3C3C(CCCCO)C(CCCCO)C=C(C(=NOC4CCCCO4)CC1N(Cc1ccc(F)cc1)C(=O)Oc1ccc([N+](=O)[O-])cc1)C32. The van der Waals surface area contributed by atoms with Crippen LogP contribution in [0.4, 0.5) is 14.9 Å². The first-order chi connectivity index (χ1) is 33.6. The van der Waals surface area contributed by atoms with Gasteiger partial charge in [-0.3, -0.25) is 20.0 Å². The Labute approximate surface area is 401 Å². The molecule has 2 aliphatic carbocycles. The molecule has 16 heteroatoms. The second-order valence-corrected chi connectivity index (χ2v) is 18.1. The van der Waals surface area contributed by atoms with Gasteiger partial charge < -0.3 is 38.7 Å². The highest BCUT2D eigenvalue weighted by molar-refractivity contribution is 6.03. The molecule has 4 aliphatic rings. The molecule has 2 N–H and O–H groups in total. The van der Waals surface area contributed by atoms with E-state index in [1.54, 1.807) is 18.2 Å². The summed E-state index contributed by atoms with van der Waals surface area (Å²) in [6, 6.07) is 21.6. The lowest BCUT2D eigenvalue weighted by Crippen LogP contribution is -2.70. The van der Waals surface area contributed by atoms with Gasteiger partial charge in [0.15, 0.2) is 0 Å². The zero-order chi connectivity index (χ0) is 48.3. The van der Waals surface area contributed by atoms with Gasteiger partial charge in [-0.1, -0.05) is 48.3 Å². The van der Waals surface area contributed by atoms with Gasteiger partial charge in [-0.15, -0.1) is 6.58 Å². The summed E-state index contributed by atoms with van der Waals surface area (Å²) in [5.74, 6) is -2.00. The molecule has 7 unspecified atom stereocenters. The highest BCUT2D eigenvalue weighted by Crippen LogP contribution is 2.62. The van der Waals surface area contributed by atoms with E-state index in [-0.39, 0.29) is 68.6 Å². The number of carbonyl (C=O) groups is 1. The molecule has 1 aromatic heterocycles. The number of hydrogen-bond acceptors (Lipinski definition) is 13. The Morgan fingerprint density at radius 1 is 1.01 bits per heavy atom. The van der Waals surface area contributed by atoms with Crippen LogP contribution in [0.25, 0.3) is 0 Å². The Hall–Kier alpha value is -6.20. The number of allylic oxidation sites excluding steroid dienone is 1. The van der Waals surface area contributed by atoms with E-state index < -0.39 is 40.9 Å². The Kier molecular flexibility index (Phi) is 16.4. The molecule has 366 valence electrons. The van der Waals surface area contributed by atoms with Crippen LogP contribution in [0.2, 0.25) is 0 Å². The third kappa shape index (κ3) is 11.5. The van der Waals surface area contributed by atoms with Crippen LogP contribution in [0.3, 0.4) is 0 Å². The molecular formula is C53H61FN4O11. The number of pyridine rings is 1. The number of aliphatic hydroxyl groups is 2. The van der Waals surface area contributed by atoms with Crippen LogP contribution in [-0.2, 0) is 27.5 Å². The normalized spacial score (nSPS) is 24.2. The van der Waals surface area contributed by atoms with Crippen LogP contribution >= 0.6 is 0 Å². The molecule has 3 heterocycles. The summed E-state index contributed by atoms with van der Waals surface area (Å²) in [5, 5.41) is 36.5. The van der Waals surface area contributed by atoms with Crippen LogP contribution in [0.15, 0.2) is 114 Å². The Morgan fingerprint density at radius 3 is 2.49 bits per heavy atom. The van der Waals surface area contributed by atoms with Crippen molar-refractivity contribution in [2.45, 2.75) is 108 Å². The molecule has 1 saturated carbocycles. The van der Waals surface area contributed by atoms with E-state index in [0.29, 0.717) is 48.6 Å². The van der Waals surface area contributed by atoms with E-state index in [1.165, 1.54) is 41.3 Å². The summed E-state index contributed by atoms with van der Waals surface area (Å²) in [4.78, 5) is 38.5. The van der Waals surface area contributed by atoms with Gasteiger partial charge in [0, 0.05) is 61.9 Å². The van der Waals surface area contributed by atoms with Gasteiger partial charge in [0.2, 0.25) is 12.1 Å². The molecule has 0 spiro atoms. The number of oxime groups is 1. The topological polar surface area (TPSA) is 185 Å². The van der Waals surface area contributed by atoms with E-state index in [1.807, 2.05) is 43.3 Å². The van der Waals surface area contributed by atoms with Crippen LogP contribution in [0.1, 0.15) is 92.6 Å². The monoisotopic (exact) mass is 948 g/mol. The predicted molar refractivity (Wildman–Crippen MR) is 254 cm³/mol. The molecule has 0 radical (unpaired) electrons. The summed E-state index contributed by atoms with van der Waals surface area (Å²) in [6.45, 7) is 6.72. The summed E-state index contributed by atoms with van der Waals surface area (Å²) in [6.07, 6.45) is 9.14. The highest BCUT2D eigenvalue weighted by Gasteiger charge is 2.66. The number of nitro benzene ring substituents is 1. The van der Waals surface area contributed by atoms with E-state index in [2.05, 4.69) is 17.6 Å². The van der Waals surface area contributed by atoms with Crippen molar-refractivity contribution in [3.63, 3.8) is 0 Å². The van der Waals surface area contributed by atoms with E-state index in [4.69, 9.17) is 33.7 Å². The summed E-state index contributed by atoms with van der Waals surface area (Å²) in [5.41, 5.74) is 4.30. The number of unbranched alkanes of at least 4 members (excludes halogenated alkanes) is 2. The van der Waals surface area contributed by atoms with Gasteiger partial charge in [0.1, 0.15) is 35.7 Å². The van der Waals surface area contributed by atoms with E-state index in [9.17, 15) is 24.7 Å². The average Bonchev–Trinajstić information content (AvgIpc) is 3.36. The van der Waals surface area contributed by atoms with Crippen molar-refractivity contribution in [2.24, 2.45) is 22.9 Å². The number of ether oxygens (including phenoxy) is 5. The number of halogens is 1. The third-order valence-corrected chi connectivity index (χ3v) is 13.5. The number of non-ortho nitro benzene ring substituents is 1. The lowest BCUT2D eigenvalue weighted by molar-refractivity contribution is -0.384. The fraction of sp³-hybridized carbons (Fsp3) is 0.453. The van der Waals surface area contributed by atoms with Crippen molar-refractivity contribution in [1.82, 2.24) is 9.88 Å². The molecule has 0 bridgehead atoms. The zero-order valence-corrected chi connectivity index (χ0v) is 39.0. The van der Waals surface area contributed by atoms with Gasteiger partial charge in [-0.2, -0.15) is 0 Å². The predicted octanol–water partition coefficient (Wildman–Crippen LogP) is 9.88. The molecule has 1 saturated heterocycles. The molecule has 2 aliphatic heterocycles. The fourth-order valence-corrected chi connectivity index (χ4v) is 10.4. The molecular weight excluding hydrogens is 888 g/mol. The van der Waals surface area contributed by atoms with Crippen LogP contribution < -0.4 is 14.2 Å². The lowest BCUT2D eigenvalue weighted by atomic mass is 9.55. The minimum Gasteiger partial charge on any atom is -0.487 e. The van der Waals surface area contributed by atoms with Crippen molar-refractivity contribution in [2.75, 3.05) is 26.4 Å². The second kappa shape index (κ2) is 22.9. The van der Waals surface area contributed by atoms with Gasteiger partial charge in [0.05, 0.1) is 35.5 Å². The van der Waals surface area contributed by atoms with Crippen molar-refractivity contribution in [1.29, 1.82) is 0 Å². The molecule has 8 rings (SSSR count). The number of nitro groups is 1. The smallest absolute Gasteiger partial charge is 0.416 e.